The Bertz CT molecular complexity index is 987. The summed E-state index contributed by atoms with van der Waals surface area (Å²) in [7, 11) is 1.56. The van der Waals surface area contributed by atoms with Crippen molar-refractivity contribution in [1.82, 2.24) is 0 Å². The van der Waals surface area contributed by atoms with E-state index in [9.17, 15) is 14.7 Å². The van der Waals surface area contributed by atoms with Crippen molar-refractivity contribution in [3.8, 4) is 17.2 Å². The smallest absolute Gasteiger partial charge is 0.335 e. The molecule has 1 aliphatic rings. The van der Waals surface area contributed by atoms with Gasteiger partial charge in [-0.1, -0.05) is 13.3 Å². The number of carbonyl (C=O) groups is 2. The van der Waals surface area contributed by atoms with Crippen LogP contribution in [0.5, 0.6) is 17.2 Å². The minimum Gasteiger partial charge on any atom is -0.497 e. The summed E-state index contributed by atoms with van der Waals surface area (Å²) >= 11 is 0. The molecule has 1 N–H and O–H groups in total. The first kappa shape index (κ1) is 20.5. The Morgan fingerprint density at radius 1 is 1.24 bits per heavy atom. The van der Waals surface area contributed by atoms with Gasteiger partial charge < -0.3 is 19.3 Å². The highest BCUT2D eigenvalue weighted by atomic mass is 16.5. The number of fused-ring (bicyclic) bond motifs is 1. The van der Waals surface area contributed by atoms with E-state index in [1.54, 1.807) is 37.5 Å². The Labute approximate surface area is 169 Å². The van der Waals surface area contributed by atoms with Gasteiger partial charge in [0.25, 0.3) is 0 Å². The third-order valence-corrected chi connectivity index (χ3v) is 4.48. The van der Waals surface area contributed by atoms with Crippen molar-refractivity contribution in [1.29, 1.82) is 0 Å². The van der Waals surface area contributed by atoms with Crippen LogP contribution in [0.25, 0.3) is 6.08 Å². The first-order valence-corrected chi connectivity index (χ1v) is 9.53. The second kappa shape index (κ2) is 8.39. The van der Waals surface area contributed by atoms with E-state index in [1.807, 2.05) is 20.8 Å². The fraction of sp³-hybridized carbons (Fsp3) is 0.304. The summed E-state index contributed by atoms with van der Waals surface area (Å²) in [6.45, 7) is 5.82. The number of methoxy groups -OCH3 is 1. The van der Waals surface area contributed by atoms with Crippen LogP contribution in [0.3, 0.4) is 0 Å². The predicted molar refractivity (Wildman–Crippen MR) is 109 cm³/mol. The summed E-state index contributed by atoms with van der Waals surface area (Å²) in [5.41, 5.74) is 1.71. The van der Waals surface area contributed by atoms with Crippen molar-refractivity contribution in [3.63, 3.8) is 0 Å². The highest BCUT2D eigenvalue weighted by molar-refractivity contribution is 6.15. The van der Waals surface area contributed by atoms with Crippen molar-refractivity contribution >= 4 is 17.8 Å². The Morgan fingerprint density at radius 3 is 2.62 bits per heavy atom. The molecule has 0 aromatic heterocycles. The molecule has 1 aliphatic heterocycles. The molecular weight excluding hydrogens is 372 g/mol. The Morgan fingerprint density at radius 2 is 2.00 bits per heavy atom. The minimum atomic E-state index is -1.07. The van der Waals surface area contributed by atoms with Crippen LogP contribution in [-0.2, 0) is 6.42 Å². The van der Waals surface area contributed by atoms with E-state index in [1.165, 1.54) is 6.07 Å². The van der Waals surface area contributed by atoms with Gasteiger partial charge in [-0.05, 0) is 62.2 Å². The summed E-state index contributed by atoms with van der Waals surface area (Å²) in [6, 6.07) is 8.27. The molecule has 0 amide bonds. The minimum absolute atomic E-state index is 0.0489. The maximum absolute atomic E-state index is 13.0. The number of aryl methyl sites for hydroxylation is 1. The van der Waals surface area contributed by atoms with Gasteiger partial charge in [0.1, 0.15) is 17.2 Å². The lowest BCUT2D eigenvalue weighted by Crippen LogP contribution is -2.07. The molecule has 0 spiro atoms. The lowest BCUT2D eigenvalue weighted by atomic mass is 9.99. The van der Waals surface area contributed by atoms with Crippen LogP contribution in [0.2, 0.25) is 0 Å². The van der Waals surface area contributed by atoms with Crippen molar-refractivity contribution < 1.29 is 28.9 Å². The Hall–Kier alpha value is -3.28. The normalized spacial score (nSPS) is 14.1. The second-order valence-electron chi connectivity index (χ2n) is 7.08. The Kier molecular flexibility index (Phi) is 5.92. The molecule has 0 aliphatic carbocycles. The predicted octanol–water partition coefficient (Wildman–Crippen LogP) is 4.75. The molecule has 6 heteroatoms. The number of allylic oxidation sites excluding steroid dienone is 1. The SMILES string of the molecule is CCCc1cc(C(=O)O)cc2c1OC(=Cc1cc(OC)ccc1OC(C)C)C2=O. The molecule has 0 saturated carbocycles. The quantitative estimate of drug-likeness (QED) is 0.680. The summed E-state index contributed by atoms with van der Waals surface area (Å²) < 4.78 is 17.0. The monoisotopic (exact) mass is 396 g/mol. The lowest BCUT2D eigenvalue weighted by molar-refractivity contribution is 0.0696. The first-order valence-electron chi connectivity index (χ1n) is 9.53. The molecule has 0 bridgehead atoms. The molecular formula is C23H24O6. The third-order valence-electron chi connectivity index (χ3n) is 4.48. The van der Waals surface area contributed by atoms with Crippen LogP contribution in [0.4, 0.5) is 0 Å². The number of ether oxygens (including phenoxy) is 3. The highest BCUT2D eigenvalue weighted by Crippen LogP contribution is 2.38. The number of carboxylic acid groups (broad SMARTS) is 1. The van der Waals surface area contributed by atoms with Crippen LogP contribution < -0.4 is 14.2 Å². The van der Waals surface area contributed by atoms with Gasteiger partial charge in [-0.25, -0.2) is 4.79 Å². The van der Waals surface area contributed by atoms with Gasteiger partial charge in [-0.2, -0.15) is 0 Å². The molecule has 0 unspecified atom stereocenters. The number of hydrogen-bond acceptors (Lipinski definition) is 5. The van der Waals surface area contributed by atoms with Crippen molar-refractivity contribution in [3.05, 3.63) is 58.3 Å². The van der Waals surface area contributed by atoms with E-state index in [2.05, 4.69) is 0 Å². The fourth-order valence-electron chi connectivity index (χ4n) is 3.21. The van der Waals surface area contributed by atoms with Gasteiger partial charge in [-0.3, -0.25) is 4.79 Å². The molecule has 1 heterocycles. The molecule has 0 saturated heterocycles. The van der Waals surface area contributed by atoms with E-state index in [0.29, 0.717) is 34.8 Å². The number of aromatic carboxylic acids is 1. The van der Waals surface area contributed by atoms with Gasteiger partial charge in [-0.15, -0.1) is 0 Å². The van der Waals surface area contributed by atoms with Crippen LogP contribution in [0.15, 0.2) is 36.1 Å². The lowest BCUT2D eigenvalue weighted by Gasteiger charge is -2.14. The largest absolute Gasteiger partial charge is 0.497 e. The summed E-state index contributed by atoms with van der Waals surface area (Å²) in [4.78, 5) is 24.4. The number of rotatable bonds is 7. The maximum Gasteiger partial charge on any atom is 0.335 e. The number of carbonyl (C=O) groups excluding carboxylic acids is 1. The number of benzene rings is 2. The standard InChI is InChI=1S/C23H24O6/c1-5-6-14-9-16(23(25)26)11-18-21(24)20(29-22(14)18)12-15-10-17(27-4)7-8-19(15)28-13(2)3/h7-13H,5-6H2,1-4H3,(H,25,26). The topological polar surface area (TPSA) is 82.1 Å². The van der Waals surface area contributed by atoms with Gasteiger partial charge in [0.15, 0.2) is 5.76 Å². The number of carboxylic acids is 1. The number of ketones is 1. The average Bonchev–Trinajstić information content (AvgIpc) is 2.99. The van der Waals surface area contributed by atoms with E-state index >= 15 is 0 Å². The summed E-state index contributed by atoms with van der Waals surface area (Å²) in [6.07, 6.45) is 2.98. The van der Waals surface area contributed by atoms with E-state index in [-0.39, 0.29) is 28.8 Å². The molecule has 0 fully saturated rings. The van der Waals surface area contributed by atoms with Crippen molar-refractivity contribution in [2.24, 2.45) is 0 Å². The zero-order valence-corrected chi connectivity index (χ0v) is 16.9. The van der Waals surface area contributed by atoms with E-state index in [4.69, 9.17) is 14.2 Å². The van der Waals surface area contributed by atoms with Crippen LogP contribution in [0.1, 0.15) is 59.0 Å². The summed E-state index contributed by atoms with van der Waals surface area (Å²) in [5.74, 6) is 0.357. The van der Waals surface area contributed by atoms with Crippen LogP contribution in [0, 0.1) is 0 Å². The molecule has 0 radical (unpaired) electrons. The number of hydrogen-bond donors (Lipinski definition) is 1. The molecule has 2 aromatic rings. The van der Waals surface area contributed by atoms with Crippen LogP contribution >= 0.6 is 0 Å². The second-order valence-corrected chi connectivity index (χ2v) is 7.08. The molecule has 6 nitrogen and oxygen atoms in total. The third kappa shape index (κ3) is 4.26. The molecule has 2 aromatic carbocycles. The number of Topliss-reactive ketones (excluding diaryl/α,β-unsaturated/α-hetero) is 1. The van der Waals surface area contributed by atoms with Gasteiger partial charge in [0, 0.05) is 5.56 Å². The Balaban J connectivity index is 2.07. The summed E-state index contributed by atoms with van der Waals surface area (Å²) in [5, 5.41) is 9.38. The fourth-order valence-corrected chi connectivity index (χ4v) is 3.21. The van der Waals surface area contributed by atoms with Crippen LogP contribution in [-0.4, -0.2) is 30.1 Å². The van der Waals surface area contributed by atoms with E-state index in [0.717, 1.165) is 6.42 Å². The van der Waals surface area contributed by atoms with Crippen molar-refractivity contribution in [2.45, 2.75) is 39.7 Å². The highest BCUT2D eigenvalue weighted by Gasteiger charge is 2.31. The van der Waals surface area contributed by atoms with Crippen molar-refractivity contribution in [2.75, 3.05) is 7.11 Å². The zero-order chi connectivity index (χ0) is 21.1. The zero-order valence-electron chi connectivity index (χ0n) is 16.9. The maximum atomic E-state index is 13.0. The van der Waals surface area contributed by atoms with E-state index < -0.39 is 5.97 Å². The molecule has 29 heavy (non-hydrogen) atoms. The molecule has 152 valence electrons. The van der Waals surface area contributed by atoms with Gasteiger partial charge >= 0.3 is 5.97 Å². The first-order chi connectivity index (χ1) is 13.8. The molecule has 3 rings (SSSR count). The average molecular weight is 396 g/mol. The molecule has 0 atom stereocenters. The van der Waals surface area contributed by atoms with Gasteiger partial charge in [0.05, 0.1) is 24.3 Å². The van der Waals surface area contributed by atoms with Gasteiger partial charge in [0.2, 0.25) is 5.78 Å².